The molecular formula is C17H18ClFN4O2. The van der Waals surface area contributed by atoms with Gasteiger partial charge in [-0.15, -0.1) is 0 Å². The van der Waals surface area contributed by atoms with E-state index in [0.717, 1.165) is 0 Å². The highest BCUT2D eigenvalue weighted by molar-refractivity contribution is 6.33. The van der Waals surface area contributed by atoms with Crippen LogP contribution in [0.25, 0.3) is 0 Å². The van der Waals surface area contributed by atoms with Crippen molar-refractivity contribution in [2.45, 2.75) is 13.0 Å². The Morgan fingerprint density at radius 2 is 2.16 bits per heavy atom. The molecule has 1 aliphatic rings. The van der Waals surface area contributed by atoms with Gasteiger partial charge in [0.2, 0.25) is 5.95 Å². The number of carbonyl (C=O) groups is 1. The van der Waals surface area contributed by atoms with Crippen molar-refractivity contribution in [3.8, 4) is 0 Å². The molecule has 8 heteroatoms. The summed E-state index contributed by atoms with van der Waals surface area (Å²) in [5, 5.41) is 2.95. The minimum absolute atomic E-state index is 0.0985. The first-order valence-electron chi connectivity index (χ1n) is 7.96. The lowest BCUT2D eigenvalue weighted by Gasteiger charge is -2.27. The fourth-order valence-corrected chi connectivity index (χ4v) is 2.73. The molecule has 0 bridgehead atoms. The van der Waals surface area contributed by atoms with Crippen LogP contribution < -0.4 is 10.2 Å². The molecule has 1 N–H and O–H groups in total. The highest BCUT2D eigenvalue weighted by Gasteiger charge is 2.20. The molecule has 0 aliphatic carbocycles. The Hall–Kier alpha value is -2.25. The Labute approximate surface area is 150 Å². The predicted octanol–water partition coefficient (Wildman–Crippen LogP) is 2.60. The van der Waals surface area contributed by atoms with Gasteiger partial charge in [0, 0.05) is 13.1 Å². The summed E-state index contributed by atoms with van der Waals surface area (Å²) < 4.78 is 18.6. The fraction of sp³-hybridized carbons (Fsp3) is 0.353. The number of hydrogen-bond acceptors (Lipinski definition) is 5. The lowest BCUT2D eigenvalue weighted by atomic mass is 10.1. The predicted molar refractivity (Wildman–Crippen MR) is 92.4 cm³/mol. The molecule has 2 heterocycles. The van der Waals surface area contributed by atoms with E-state index in [9.17, 15) is 9.18 Å². The number of halogens is 2. The van der Waals surface area contributed by atoms with Gasteiger partial charge in [0.1, 0.15) is 5.82 Å². The Morgan fingerprint density at radius 1 is 1.40 bits per heavy atom. The Morgan fingerprint density at radius 3 is 2.88 bits per heavy atom. The smallest absolute Gasteiger partial charge is 0.272 e. The van der Waals surface area contributed by atoms with Crippen molar-refractivity contribution >= 4 is 23.5 Å². The summed E-state index contributed by atoms with van der Waals surface area (Å²) in [4.78, 5) is 23.0. The van der Waals surface area contributed by atoms with Gasteiger partial charge < -0.3 is 15.0 Å². The molecule has 6 nitrogen and oxygen atoms in total. The third-order valence-electron chi connectivity index (χ3n) is 3.94. The number of rotatable bonds is 4. The second-order valence-corrected chi connectivity index (χ2v) is 6.12. The lowest BCUT2D eigenvalue weighted by molar-refractivity contribution is 0.0934. The van der Waals surface area contributed by atoms with Crippen molar-refractivity contribution < 1.29 is 13.9 Å². The third kappa shape index (κ3) is 4.24. The summed E-state index contributed by atoms with van der Waals surface area (Å²) in [5.74, 6) is -0.344. The summed E-state index contributed by atoms with van der Waals surface area (Å²) in [6, 6.07) is 5.69. The van der Waals surface area contributed by atoms with Gasteiger partial charge in [-0.1, -0.05) is 23.7 Å². The van der Waals surface area contributed by atoms with Gasteiger partial charge in [-0.2, -0.15) is 0 Å². The number of morpholine rings is 1. The molecule has 1 amide bonds. The van der Waals surface area contributed by atoms with E-state index in [1.54, 1.807) is 19.1 Å². The Kier molecular flexibility index (Phi) is 5.45. The molecule has 2 aromatic rings. The van der Waals surface area contributed by atoms with Crippen molar-refractivity contribution in [1.29, 1.82) is 0 Å². The van der Waals surface area contributed by atoms with Crippen LogP contribution in [0.4, 0.5) is 10.3 Å². The van der Waals surface area contributed by atoms with Gasteiger partial charge in [-0.05, 0) is 24.6 Å². The largest absolute Gasteiger partial charge is 0.378 e. The molecule has 0 saturated carbocycles. The number of aromatic nitrogens is 2. The molecule has 0 unspecified atom stereocenters. The molecular weight excluding hydrogens is 347 g/mol. The van der Waals surface area contributed by atoms with Crippen LogP contribution in [0.5, 0.6) is 0 Å². The monoisotopic (exact) mass is 364 g/mol. The first-order valence-corrected chi connectivity index (χ1v) is 8.34. The highest BCUT2D eigenvalue weighted by Crippen LogP contribution is 2.19. The lowest BCUT2D eigenvalue weighted by Crippen LogP contribution is -2.38. The normalized spacial score (nSPS) is 15.7. The molecule has 1 aromatic heterocycles. The summed E-state index contributed by atoms with van der Waals surface area (Å²) in [6.45, 7) is 4.25. The zero-order valence-electron chi connectivity index (χ0n) is 13.7. The number of carbonyl (C=O) groups excluding carboxylic acids is 1. The van der Waals surface area contributed by atoms with Crippen LogP contribution in [-0.2, 0) is 4.74 Å². The van der Waals surface area contributed by atoms with E-state index in [1.165, 1.54) is 18.3 Å². The van der Waals surface area contributed by atoms with Gasteiger partial charge in [-0.3, -0.25) is 4.79 Å². The average Bonchev–Trinajstić information content (AvgIpc) is 2.62. The average molecular weight is 365 g/mol. The quantitative estimate of drug-likeness (QED) is 0.903. The molecule has 25 heavy (non-hydrogen) atoms. The topological polar surface area (TPSA) is 67.4 Å². The van der Waals surface area contributed by atoms with Gasteiger partial charge in [0.25, 0.3) is 5.91 Å². The highest BCUT2D eigenvalue weighted by atomic mass is 35.5. The second kappa shape index (κ2) is 7.76. The molecule has 3 rings (SSSR count). The maximum atomic E-state index is 13.3. The van der Waals surface area contributed by atoms with Crippen LogP contribution in [0.15, 0.2) is 30.5 Å². The zero-order chi connectivity index (χ0) is 17.8. The summed E-state index contributed by atoms with van der Waals surface area (Å²) in [7, 11) is 0. The number of ether oxygens (including phenoxy) is 1. The molecule has 0 spiro atoms. The number of nitrogens with one attached hydrogen (secondary N) is 1. The number of nitrogens with zero attached hydrogens (tertiary/aromatic N) is 3. The molecule has 1 atom stereocenters. The van der Waals surface area contributed by atoms with Crippen LogP contribution in [0, 0.1) is 5.82 Å². The molecule has 1 fully saturated rings. The maximum absolute atomic E-state index is 13.3. The van der Waals surface area contributed by atoms with Gasteiger partial charge in [-0.25, -0.2) is 14.4 Å². The molecule has 132 valence electrons. The van der Waals surface area contributed by atoms with Crippen LogP contribution in [0.1, 0.15) is 29.0 Å². The SMILES string of the molecule is C[C@@H](NC(=O)c1nc(N2CCOCC2)ncc1Cl)c1cccc(F)c1. The second-order valence-electron chi connectivity index (χ2n) is 5.72. The van der Waals surface area contributed by atoms with Crippen molar-refractivity contribution in [3.05, 3.63) is 52.6 Å². The number of benzene rings is 1. The summed E-state index contributed by atoms with van der Waals surface area (Å²) in [5.41, 5.74) is 0.758. The van der Waals surface area contributed by atoms with Crippen LogP contribution >= 0.6 is 11.6 Å². The third-order valence-corrected chi connectivity index (χ3v) is 4.21. The van der Waals surface area contributed by atoms with Gasteiger partial charge >= 0.3 is 0 Å². The van der Waals surface area contributed by atoms with Gasteiger partial charge in [0.15, 0.2) is 5.69 Å². The minimum atomic E-state index is -0.432. The number of anilines is 1. The Bertz CT molecular complexity index is 768. The van der Waals surface area contributed by atoms with Gasteiger partial charge in [0.05, 0.1) is 30.5 Å². The van der Waals surface area contributed by atoms with Crippen LogP contribution in [-0.4, -0.2) is 42.2 Å². The number of hydrogen-bond donors (Lipinski definition) is 1. The zero-order valence-corrected chi connectivity index (χ0v) is 14.5. The molecule has 1 aromatic carbocycles. The molecule has 0 radical (unpaired) electrons. The van der Waals surface area contributed by atoms with Crippen LogP contribution in [0.3, 0.4) is 0 Å². The van der Waals surface area contributed by atoms with E-state index >= 15 is 0 Å². The molecule has 1 aliphatic heterocycles. The van der Waals surface area contributed by atoms with Crippen molar-refractivity contribution in [2.24, 2.45) is 0 Å². The standard InChI is InChI=1S/C17H18ClFN4O2/c1-11(12-3-2-4-13(19)9-12)21-16(24)15-14(18)10-20-17(22-15)23-5-7-25-8-6-23/h2-4,9-11H,5-8H2,1H3,(H,21,24)/t11-/m1/s1. The fourth-order valence-electron chi connectivity index (χ4n) is 2.56. The van der Waals surface area contributed by atoms with E-state index in [-0.39, 0.29) is 22.6 Å². The molecule has 1 saturated heterocycles. The Balaban J connectivity index is 1.76. The van der Waals surface area contributed by atoms with E-state index in [4.69, 9.17) is 16.3 Å². The van der Waals surface area contributed by atoms with Crippen molar-refractivity contribution in [2.75, 3.05) is 31.2 Å². The maximum Gasteiger partial charge on any atom is 0.272 e. The van der Waals surface area contributed by atoms with Crippen molar-refractivity contribution in [1.82, 2.24) is 15.3 Å². The minimum Gasteiger partial charge on any atom is -0.378 e. The number of amides is 1. The van der Waals surface area contributed by atoms with E-state index in [1.807, 2.05) is 4.90 Å². The van der Waals surface area contributed by atoms with E-state index in [2.05, 4.69) is 15.3 Å². The summed E-state index contributed by atoms with van der Waals surface area (Å²) >= 11 is 6.10. The first-order chi connectivity index (χ1) is 12.0. The van der Waals surface area contributed by atoms with E-state index in [0.29, 0.717) is 37.8 Å². The van der Waals surface area contributed by atoms with Crippen molar-refractivity contribution in [3.63, 3.8) is 0 Å². The summed E-state index contributed by atoms with van der Waals surface area (Å²) in [6.07, 6.45) is 1.42. The van der Waals surface area contributed by atoms with E-state index < -0.39 is 5.91 Å². The first kappa shape index (κ1) is 17.6. The van der Waals surface area contributed by atoms with Crippen LogP contribution in [0.2, 0.25) is 5.02 Å².